The molecule has 4 heteroatoms. The molecule has 3 aromatic rings. The highest BCUT2D eigenvalue weighted by atomic mass is 16.1. The Morgan fingerprint density at radius 3 is 2.38 bits per heavy atom. The molecule has 0 unspecified atom stereocenters. The molecule has 0 aromatic heterocycles. The molecule has 1 amide bonds. The van der Waals surface area contributed by atoms with E-state index in [1.165, 1.54) is 56.1 Å². The second-order valence-electron chi connectivity index (χ2n) is 12.3. The van der Waals surface area contributed by atoms with Gasteiger partial charge in [-0.3, -0.25) is 9.69 Å². The summed E-state index contributed by atoms with van der Waals surface area (Å²) in [7, 11) is 0. The molecule has 1 saturated heterocycles. The van der Waals surface area contributed by atoms with Crippen LogP contribution < -0.4 is 10.6 Å². The Labute approximate surface area is 241 Å². The Bertz CT molecular complexity index is 1220. The molecule has 40 heavy (non-hydrogen) atoms. The topological polar surface area (TPSA) is 44.4 Å². The fourth-order valence-corrected chi connectivity index (χ4v) is 6.43. The predicted molar refractivity (Wildman–Crippen MR) is 166 cm³/mol. The Kier molecular flexibility index (Phi) is 10.1. The number of nitrogens with one attached hydrogen (secondary N) is 2. The highest BCUT2D eigenvalue weighted by Gasteiger charge is 2.21. The van der Waals surface area contributed by atoms with Crippen LogP contribution in [0.2, 0.25) is 0 Å². The molecular weight excluding hydrogens is 490 g/mol. The van der Waals surface area contributed by atoms with Crippen LogP contribution in [-0.2, 0) is 13.1 Å². The van der Waals surface area contributed by atoms with E-state index >= 15 is 0 Å². The van der Waals surface area contributed by atoms with Gasteiger partial charge in [0.25, 0.3) is 5.91 Å². The minimum atomic E-state index is 0.0559. The molecule has 1 aliphatic carbocycles. The molecule has 0 bridgehead atoms. The standard InChI is InChI=1S/C36H47N3O/c1-27(2)37-25-29-16-17-34(35(23-29)36(40)38-24-28-10-5-3-6-11-28)33-15-9-12-30(22-33)26-39-20-18-32(19-21-39)31-13-7-4-8-14-31/h4,7-9,12-17,22-23,27-28,32,37H,3,5-6,10-11,18-21,24-26H2,1-2H3,(H,38,40). The van der Waals surface area contributed by atoms with Crippen molar-refractivity contribution in [2.45, 2.75) is 83.8 Å². The highest BCUT2D eigenvalue weighted by Crippen LogP contribution is 2.30. The summed E-state index contributed by atoms with van der Waals surface area (Å²) in [5.41, 5.74) is 6.89. The van der Waals surface area contributed by atoms with Gasteiger partial charge in [0.15, 0.2) is 0 Å². The maximum absolute atomic E-state index is 13.6. The Morgan fingerprint density at radius 2 is 1.62 bits per heavy atom. The number of piperidine rings is 1. The van der Waals surface area contributed by atoms with Gasteiger partial charge in [-0.05, 0) is 90.6 Å². The summed E-state index contributed by atoms with van der Waals surface area (Å²) < 4.78 is 0. The summed E-state index contributed by atoms with van der Waals surface area (Å²) in [5, 5.41) is 6.80. The van der Waals surface area contributed by atoms with E-state index in [2.05, 4.69) is 102 Å². The molecule has 1 saturated carbocycles. The normalized spacial score (nSPS) is 17.3. The number of carbonyl (C=O) groups is 1. The van der Waals surface area contributed by atoms with Crippen LogP contribution >= 0.6 is 0 Å². The van der Waals surface area contributed by atoms with E-state index in [0.29, 0.717) is 17.9 Å². The number of hydrogen-bond donors (Lipinski definition) is 2. The van der Waals surface area contributed by atoms with E-state index in [4.69, 9.17) is 0 Å². The smallest absolute Gasteiger partial charge is 0.251 e. The van der Waals surface area contributed by atoms with E-state index in [-0.39, 0.29) is 5.91 Å². The maximum atomic E-state index is 13.6. The van der Waals surface area contributed by atoms with E-state index in [0.717, 1.165) is 55.0 Å². The van der Waals surface area contributed by atoms with Gasteiger partial charge in [-0.25, -0.2) is 0 Å². The van der Waals surface area contributed by atoms with E-state index < -0.39 is 0 Å². The summed E-state index contributed by atoms with van der Waals surface area (Å²) in [4.78, 5) is 16.2. The van der Waals surface area contributed by atoms with Crippen LogP contribution in [0.5, 0.6) is 0 Å². The predicted octanol–water partition coefficient (Wildman–Crippen LogP) is 7.54. The van der Waals surface area contributed by atoms with Crippen molar-refractivity contribution in [3.63, 3.8) is 0 Å². The third-order valence-electron chi connectivity index (χ3n) is 8.82. The summed E-state index contributed by atoms with van der Waals surface area (Å²) in [6.07, 6.45) is 8.80. The lowest BCUT2D eigenvalue weighted by atomic mass is 9.89. The molecule has 212 valence electrons. The second kappa shape index (κ2) is 14.1. The first-order chi connectivity index (χ1) is 19.5. The summed E-state index contributed by atoms with van der Waals surface area (Å²) >= 11 is 0. The highest BCUT2D eigenvalue weighted by molar-refractivity contribution is 6.01. The first-order valence-electron chi connectivity index (χ1n) is 15.6. The summed E-state index contributed by atoms with van der Waals surface area (Å²) in [5.74, 6) is 1.34. The van der Waals surface area contributed by atoms with Crippen LogP contribution in [0, 0.1) is 5.92 Å². The van der Waals surface area contributed by atoms with Crippen molar-refractivity contribution in [1.82, 2.24) is 15.5 Å². The molecular formula is C36H47N3O. The molecule has 2 fully saturated rings. The Balaban J connectivity index is 1.29. The van der Waals surface area contributed by atoms with Crippen molar-refractivity contribution in [3.8, 4) is 11.1 Å². The molecule has 4 nitrogen and oxygen atoms in total. The minimum Gasteiger partial charge on any atom is -0.352 e. The second-order valence-corrected chi connectivity index (χ2v) is 12.3. The average molecular weight is 538 g/mol. The third-order valence-corrected chi connectivity index (χ3v) is 8.82. The van der Waals surface area contributed by atoms with Crippen LogP contribution in [0.15, 0.2) is 72.8 Å². The number of amides is 1. The summed E-state index contributed by atoms with van der Waals surface area (Å²) in [6, 6.07) is 26.6. The van der Waals surface area contributed by atoms with Gasteiger partial charge in [-0.2, -0.15) is 0 Å². The van der Waals surface area contributed by atoms with Gasteiger partial charge in [0.1, 0.15) is 0 Å². The van der Waals surface area contributed by atoms with E-state index in [9.17, 15) is 4.79 Å². The van der Waals surface area contributed by atoms with Gasteiger partial charge in [0.05, 0.1) is 0 Å². The zero-order valence-corrected chi connectivity index (χ0v) is 24.5. The SMILES string of the molecule is CC(C)NCc1ccc(-c2cccc(CN3CCC(c4ccccc4)CC3)c2)c(C(=O)NCC2CCCCC2)c1. The number of hydrogen-bond acceptors (Lipinski definition) is 3. The molecule has 0 spiro atoms. The molecule has 5 rings (SSSR count). The molecule has 0 atom stereocenters. The molecule has 2 aliphatic rings. The number of rotatable bonds is 10. The fourth-order valence-electron chi connectivity index (χ4n) is 6.43. The van der Waals surface area contributed by atoms with Crippen LogP contribution in [0.4, 0.5) is 0 Å². The maximum Gasteiger partial charge on any atom is 0.251 e. The number of nitrogens with zero attached hydrogens (tertiary/aromatic N) is 1. The molecule has 0 radical (unpaired) electrons. The van der Waals surface area contributed by atoms with Gasteiger partial charge < -0.3 is 10.6 Å². The number of likely N-dealkylation sites (tertiary alicyclic amines) is 1. The van der Waals surface area contributed by atoms with Gasteiger partial charge in [-0.1, -0.05) is 93.8 Å². The Morgan fingerprint density at radius 1 is 0.850 bits per heavy atom. The zero-order chi connectivity index (χ0) is 27.7. The van der Waals surface area contributed by atoms with Crippen molar-refractivity contribution >= 4 is 5.91 Å². The number of carbonyl (C=O) groups excluding carboxylic acids is 1. The van der Waals surface area contributed by atoms with Crippen LogP contribution in [-0.4, -0.2) is 36.5 Å². The minimum absolute atomic E-state index is 0.0559. The summed E-state index contributed by atoms with van der Waals surface area (Å²) in [6.45, 7) is 9.05. The lowest BCUT2D eigenvalue weighted by Gasteiger charge is -2.32. The van der Waals surface area contributed by atoms with Gasteiger partial charge in [-0.15, -0.1) is 0 Å². The van der Waals surface area contributed by atoms with E-state index in [1.807, 2.05) is 0 Å². The first-order valence-corrected chi connectivity index (χ1v) is 15.6. The third kappa shape index (κ3) is 7.83. The average Bonchev–Trinajstić information content (AvgIpc) is 3.00. The quantitative estimate of drug-likeness (QED) is 0.281. The molecule has 1 heterocycles. The largest absolute Gasteiger partial charge is 0.352 e. The van der Waals surface area contributed by atoms with Crippen molar-refractivity contribution in [3.05, 3.63) is 95.1 Å². The first kappa shape index (κ1) is 28.6. The van der Waals surface area contributed by atoms with Gasteiger partial charge in [0.2, 0.25) is 0 Å². The van der Waals surface area contributed by atoms with Gasteiger partial charge in [0, 0.05) is 31.2 Å². The zero-order valence-electron chi connectivity index (χ0n) is 24.5. The van der Waals surface area contributed by atoms with E-state index in [1.54, 1.807) is 0 Å². The molecule has 1 aliphatic heterocycles. The van der Waals surface area contributed by atoms with Crippen LogP contribution in [0.1, 0.15) is 91.8 Å². The van der Waals surface area contributed by atoms with Crippen molar-refractivity contribution in [2.75, 3.05) is 19.6 Å². The lowest BCUT2D eigenvalue weighted by Crippen LogP contribution is -2.32. The van der Waals surface area contributed by atoms with Gasteiger partial charge >= 0.3 is 0 Å². The monoisotopic (exact) mass is 537 g/mol. The van der Waals surface area contributed by atoms with Crippen molar-refractivity contribution < 1.29 is 4.79 Å². The van der Waals surface area contributed by atoms with Crippen molar-refractivity contribution in [1.29, 1.82) is 0 Å². The molecule has 3 aromatic carbocycles. The van der Waals surface area contributed by atoms with Crippen LogP contribution in [0.3, 0.4) is 0 Å². The lowest BCUT2D eigenvalue weighted by molar-refractivity contribution is 0.0944. The fraction of sp³-hybridized carbons (Fsp3) is 0.472. The van der Waals surface area contributed by atoms with Crippen molar-refractivity contribution in [2.24, 2.45) is 5.92 Å². The number of benzene rings is 3. The Hall–Kier alpha value is -2.95. The molecule has 2 N–H and O–H groups in total. The van der Waals surface area contributed by atoms with Crippen LogP contribution in [0.25, 0.3) is 11.1 Å².